The van der Waals surface area contributed by atoms with Crippen LogP contribution in [0.4, 0.5) is 0 Å². The van der Waals surface area contributed by atoms with Gasteiger partial charge in [-0.3, -0.25) is 14.9 Å². The number of nitrogens with one attached hydrogen (secondary N) is 1. The average Bonchev–Trinajstić information content (AvgIpc) is 2.68. The molecule has 0 saturated heterocycles. The number of hydrogen-bond acceptors (Lipinski definition) is 4. The first-order valence-corrected chi connectivity index (χ1v) is 9.95. The third kappa shape index (κ3) is 7.91. The van der Waals surface area contributed by atoms with Gasteiger partial charge >= 0.3 is 0 Å². The van der Waals surface area contributed by atoms with Gasteiger partial charge in [-0.05, 0) is 62.3 Å². The van der Waals surface area contributed by atoms with E-state index in [-0.39, 0.29) is 23.5 Å². The number of benzene rings is 2. The van der Waals surface area contributed by atoms with Crippen LogP contribution in [-0.2, 0) is 11.2 Å². The lowest BCUT2D eigenvalue weighted by molar-refractivity contribution is -0.118. The molecule has 0 unspecified atom stereocenters. The highest BCUT2D eigenvalue weighted by molar-refractivity contribution is 7.80. The van der Waals surface area contributed by atoms with Crippen molar-refractivity contribution in [3.8, 4) is 5.75 Å². The molecule has 6 nitrogen and oxygen atoms in total. The molecular formula is C22H27N3O3S. The van der Waals surface area contributed by atoms with E-state index in [0.717, 1.165) is 12.0 Å². The molecule has 29 heavy (non-hydrogen) atoms. The van der Waals surface area contributed by atoms with Crippen molar-refractivity contribution < 1.29 is 14.3 Å². The fourth-order valence-electron chi connectivity index (χ4n) is 2.67. The van der Waals surface area contributed by atoms with Gasteiger partial charge in [0, 0.05) is 25.1 Å². The number of carbonyl (C=O) groups is 2. The Hall–Kier alpha value is -2.93. The van der Waals surface area contributed by atoms with Gasteiger partial charge in [0.25, 0.3) is 5.91 Å². The highest BCUT2D eigenvalue weighted by Gasteiger charge is 2.15. The van der Waals surface area contributed by atoms with Crippen LogP contribution in [0.25, 0.3) is 0 Å². The zero-order valence-electron chi connectivity index (χ0n) is 16.8. The van der Waals surface area contributed by atoms with E-state index in [0.29, 0.717) is 24.4 Å². The van der Waals surface area contributed by atoms with Crippen molar-refractivity contribution in [1.82, 2.24) is 10.2 Å². The normalized spacial score (nSPS) is 10.4. The zero-order valence-corrected chi connectivity index (χ0v) is 17.6. The topological polar surface area (TPSA) is 84.7 Å². The Kier molecular flexibility index (Phi) is 8.61. The molecule has 0 bridgehead atoms. The lowest BCUT2D eigenvalue weighted by atomic mass is 10.1. The molecule has 2 aromatic rings. The van der Waals surface area contributed by atoms with Gasteiger partial charge in [0.2, 0.25) is 5.91 Å². The van der Waals surface area contributed by atoms with Crippen LogP contribution in [0.3, 0.4) is 0 Å². The van der Waals surface area contributed by atoms with Crippen molar-refractivity contribution in [2.75, 3.05) is 13.1 Å². The minimum Gasteiger partial charge on any atom is -0.491 e. The Morgan fingerprint density at radius 1 is 1.07 bits per heavy atom. The Balaban J connectivity index is 1.99. The quantitative estimate of drug-likeness (QED) is 0.618. The number of ether oxygens (including phenoxy) is 1. The van der Waals surface area contributed by atoms with Crippen molar-refractivity contribution >= 4 is 29.1 Å². The highest BCUT2D eigenvalue weighted by Crippen LogP contribution is 2.14. The number of carbonyl (C=O) groups excluding carboxylic acids is 2. The van der Waals surface area contributed by atoms with Crippen LogP contribution in [0, 0.1) is 0 Å². The Morgan fingerprint density at radius 2 is 1.72 bits per heavy atom. The van der Waals surface area contributed by atoms with Crippen molar-refractivity contribution in [2.24, 2.45) is 5.73 Å². The molecule has 0 aliphatic heterocycles. The molecule has 0 aliphatic rings. The van der Waals surface area contributed by atoms with E-state index in [1.165, 1.54) is 0 Å². The van der Waals surface area contributed by atoms with Crippen molar-refractivity contribution in [1.29, 1.82) is 0 Å². The predicted octanol–water partition coefficient (Wildman–Crippen LogP) is 2.91. The largest absolute Gasteiger partial charge is 0.491 e. The van der Waals surface area contributed by atoms with Crippen LogP contribution in [0.15, 0.2) is 54.6 Å². The average molecular weight is 414 g/mol. The number of thiocarbonyl (C=S) groups is 1. The molecule has 0 spiro atoms. The molecule has 2 amide bonds. The first-order chi connectivity index (χ1) is 13.8. The summed E-state index contributed by atoms with van der Waals surface area (Å²) in [6, 6.07) is 16.8. The van der Waals surface area contributed by atoms with Crippen LogP contribution in [0.5, 0.6) is 5.75 Å². The van der Waals surface area contributed by atoms with Gasteiger partial charge in [-0.15, -0.1) is 0 Å². The summed E-state index contributed by atoms with van der Waals surface area (Å²) in [6.07, 6.45) is 0.953. The molecule has 0 saturated carbocycles. The fourth-order valence-corrected chi connectivity index (χ4v) is 2.95. The lowest BCUT2D eigenvalue weighted by Gasteiger charge is -2.25. The molecule has 0 fully saturated rings. The van der Waals surface area contributed by atoms with Crippen LogP contribution in [0.2, 0.25) is 0 Å². The van der Waals surface area contributed by atoms with Crippen LogP contribution >= 0.6 is 12.2 Å². The number of primary amides is 1. The minimum atomic E-state index is -0.412. The second-order valence-electron chi connectivity index (χ2n) is 6.89. The summed E-state index contributed by atoms with van der Waals surface area (Å²) in [4.78, 5) is 25.5. The summed E-state index contributed by atoms with van der Waals surface area (Å²) >= 11 is 5.42. The summed E-state index contributed by atoms with van der Waals surface area (Å²) < 4.78 is 5.59. The number of nitrogens with two attached hydrogens (primary N) is 1. The summed E-state index contributed by atoms with van der Waals surface area (Å²) in [5, 5.41) is 3.01. The van der Waals surface area contributed by atoms with Gasteiger partial charge in [0.05, 0.1) is 6.10 Å². The summed E-state index contributed by atoms with van der Waals surface area (Å²) in [5.74, 6) is -0.0236. The summed E-state index contributed by atoms with van der Waals surface area (Å²) in [6.45, 7) is 4.80. The lowest BCUT2D eigenvalue weighted by Crippen LogP contribution is -2.44. The molecule has 0 atom stereocenters. The van der Waals surface area contributed by atoms with E-state index in [1.54, 1.807) is 29.2 Å². The minimum absolute atomic E-state index is 0.0608. The molecule has 154 valence electrons. The summed E-state index contributed by atoms with van der Waals surface area (Å²) in [7, 11) is 0. The van der Waals surface area contributed by atoms with E-state index < -0.39 is 5.91 Å². The van der Waals surface area contributed by atoms with E-state index in [1.807, 2.05) is 44.2 Å². The molecule has 0 radical (unpaired) electrons. The van der Waals surface area contributed by atoms with Gasteiger partial charge in [-0.1, -0.05) is 30.3 Å². The number of amides is 2. The second-order valence-corrected chi connectivity index (χ2v) is 7.28. The van der Waals surface area contributed by atoms with E-state index in [4.69, 9.17) is 22.7 Å². The number of hydrogen-bond donors (Lipinski definition) is 2. The van der Waals surface area contributed by atoms with Crippen LogP contribution in [-0.4, -0.2) is 41.0 Å². The smallest absolute Gasteiger partial charge is 0.257 e. The zero-order chi connectivity index (χ0) is 21.2. The maximum absolute atomic E-state index is 12.5. The summed E-state index contributed by atoms with van der Waals surface area (Å²) in [5.41, 5.74) is 6.90. The molecule has 3 N–H and O–H groups in total. The van der Waals surface area contributed by atoms with Crippen molar-refractivity contribution in [3.05, 3.63) is 65.7 Å². The van der Waals surface area contributed by atoms with E-state index in [9.17, 15) is 9.59 Å². The van der Waals surface area contributed by atoms with Crippen molar-refractivity contribution in [2.45, 2.75) is 32.8 Å². The number of nitrogens with zero attached hydrogens (tertiary/aromatic N) is 1. The molecular weight excluding hydrogens is 386 g/mol. The van der Waals surface area contributed by atoms with E-state index >= 15 is 0 Å². The number of rotatable bonds is 9. The monoisotopic (exact) mass is 413 g/mol. The Morgan fingerprint density at radius 3 is 2.31 bits per heavy atom. The molecule has 2 aromatic carbocycles. The van der Waals surface area contributed by atoms with Crippen molar-refractivity contribution in [3.63, 3.8) is 0 Å². The van der Waals surface area contributed by atoms with Crippen LogP contribution in [0.1, 0.15) is 36.2 Å². The van der Waals surface area contributed by atoms with Gasteiger partial charge in [-0.25, -0.2) is 0 Å². The molecule has 0 aliphatic carbocycles. The maximum Gasteiger partial charge on any atom is 0.257 e. The maximum atomic E-state index is 12.5. The third-order valence-electron chi connectivity index (χ3n) is 4.14. The first-order valence-electron chi connectivity index (χ1n) is 9.54. The van der Waals surface area contributed by atoms with Crippen LogP contribution < -0.4 is 15.8 Å². The second kappa shape index (κ2) is 11.2. The SMILES string of the molecule is CC(C)Oc1ccc(C(=O)NC(=S)N(CCC(N)=O)CCc2ccccc2)cc1. The van der Waals surface area contributed by atoms with Gasteiger partial charge < -0.3 is 15.4 Å². The van der Waals surface area contributed by atoms with Gasteiger partial charge in [0.1, 0.15) is 5.75 Å². The Labute approximate surface area is 177 Å². The first kappa shape index (κ1) is 22.4. The highest BCUT2D eigenvalue weighted by atomic mass is 32.1. The third-order valence-corrected chi connectivity index (χ3v) is 4.50. The van der Waals surface area contributed by atoms with Gasteiger partial charge in [-0.2, -0.15) is 0 Å². The van der Waals surface area contributed by atoms with E-state index in [2.05, 4.69) is 5.32 Å². The Bertz CT molecular complexity index is 823. The predicted molar refractivity (Wildman–Crippen MR) is 118 cm³/mol. The molecule has 0 aromatic heterocycles. The fraction of sp³-hybridized carbons (Fsp3) is 0.318. The standard InChI is InChI=1S/C22H27N3O3S/c1-16(2)28-19-10-8-18(9-11-19)21(27)24-22(29)25(15-13-20(23)26)14-12-17-6-4-3-5-7-17/h3-11,16H,12-15H2,1-2H3,(H2,23,26)(H,24,27,29). The molecule has 7 heteroatoms. The molecule has 2 rings (SSSR count). The van der Waals surface area contributed by atoms with Gasteiger partial charge in [0.15, 0.2) is 5.11 Å². The molecule has 0 heterocycles.